The quantitative estimate of drug-likeness (QED) is 0.706. The van der Waals surface area contributed by atoms with Gasteiger partial charge in [0.1, 0.15) is 0 Å². The smallest absolute Gasteiger partial charge is 0.307 e. The number of carbonyl (C=O) groups is 1. The highest BCUT2D eigenvalue weighted by Gasteiger charge is 2.14. The van der Waals surface area contributed by atoms with E-state index in [0.717, 1.165) is 0 Å². The number of carboxylic acid groups (broad SMARTS) is 1. The molecule has 0 fully saturated rings. The van der Waals surface area contributed by atoms with Crippen LogP contribution in [0.3, 0.4) is 0 Å². The monoisotopic (exact) mass is 175 g/mol. The van der Waals surface area contributed by atoms with Crippen LogP contribution >= 0.6 is 0 Å². The summed E-state index contributed by atoms with van der Waals surface area (Å²) in [7, 11) is 3.76. The predicted octanol–water partition coefficient (Wildman–Crippen LogP) is 1.69. The highest BCUT2D eigenvalue weighted by Crippen LogP contribution is 2.02. The molecule has 1 atom stereocenters. The highest BCUT2D eigenvalue weighted by atomic mass is 16.4. The van der Waals surface area contributed by atoms with Gasteiger partial charge >= 0.3 is 5.97 Å². The molecule has 0 amide bonds. The second-order valence-electron chi connectivity index (χ2n) is 2.71. The molecule has 0 bridgehead atoms. The van der Waals surface area contributed by atoms with Gasteiger partial charge in [0.2, 0.25) is 0 Å². The first-order valence-electron chi connectivity index (χ1n) is 4.45. The van der Waals surface area contributed by atoms with E-state index in [0.29, 0.717) is 13.0 Å². The van der Waals surface area contributed by atoms with Gasteiger partial charge in [-0.05, 0) is 20.5 Å². The van der Waals surface area contributed by atoms with Crippen LogP contribution < -0.4 is 0 Å². The van der Waals surface area contributed by atoms with E-state index in [9.17, 15) is 4.79 Å². The van der Waals surface area contributed by atoms with Crippen LogP contribution in [-0.4, -0.2) is 36.6 Å². The van der Waals surface area contributed by atoms with Crippen LogP contribution in [0.1, 0.15) is 27.2 Å². The Morgan fingerprint density at radius 1 is 1.42 bits per heavy atom. The molecule has 74 valence electrons. The molecule has 0 saturated heterocycles. The lowest BCUT2D eigenvalue weighted by molar-refractivity contribution is -0.142. The van der Waals surface area contributed by atoms with Crippen molar-refractivity contribution in [3.05, 3.63) is 0 Å². The molecule has 0 radical (unpaired) electrons. The molecule has 0 spiro atoms. The topological polar surface area (TPSA) is 40.5 Å². The third kappa shape index (κ3) is 7.54. The Balaban J connectivity index is 0. The molecule has 0 saturated carbocycles. The molecular formula is C9H21NO2. The molecule has 0 aromatic heterocycles. The summed E-state index contributed by atoms with van der Waals surface area (Å²) in [6, 6.07) is 0. The molecular weight excluding hydrogens is 154 g/mol. The second-order valence-corrected chi connectivity index (χ2v) is 2.71. The maximum Gasteiger partial charge on any atom is 0.307 e. The number of carboxylic acids is 1. The van der Waals surface area contributed by atoms with Gasteiger partial charge in [-0.3, -0.25) is 4.79 Å². The van der Waals surface area contributed by atoms with Gasteiger partial charge in [0.25, 0.3) is 0 Å². The molecule has 1 unspecified atom stereocenters. The lowest BCUT2D eigenvalue weighted by Crippen LogP contribution is -2.26. The minimum atomic E-state index is -0.698. The van der Waals surface area contributed by atoms with Crippen molar-refractivity contribution in [2.45, 2.75) is 27.2 Å². The fourth-order valence-electron chi connectivity index (χ4n) is 0.823. The van der Waals surface area contributed by atoms with E-state index >= 15 is 0 Å². The summed E-state index contributed by atoms with van der Waals surface area (Å²) in [5.41, 5.74) is 0. The van der Waals surface area contributed by atoms with Crippen molar-refractivity contribution in [3.63, 3.8) is 0 Å². The van der Waals surface area contributed by atoms with Crippen molar-refractivity contribution in [3.8, 4) is 0 Å². The van der Waals surface area contributed by atoms with Gasteiger partial charge in [0.15, 0.2) is 0 Å². The third-order valence-electron chi connectivity index (χ3n) is 1.43. The van der Waals surface area contributed by atoms with Crippen molar-refractivity contribution in [2.24, 2.45) is 5.92 Å². The third-order valence-corrected chi connectivity index (χ3v) is 1.43. The summed E-state index contributed by atoms with van der Waals surface area (Å²) in [6.45, 7) is 6.52. The van der Waals surface area contributed by atoms with Crippen LogP contribution in [0.25, 0.3) is 0 Å². The summed E-state index contributed by atoms with van der Waals surface area (Å²) in [5.74, 6) is -0.911. The SMILES string of the molecule is CC.CCC(CN(C)C)C(=O)O. The number of hydrogen-bond donors (Lipinski definition) is 1. The molecule has 12 heavy (non-hydrogen) atoms. The van der Waals surface area contributed by atoms with E-state index in [-0.39, 0.29) is 5.92 Å². The van der Waals surface area contributed by atoms with Crippen molar-refractivity contribution in [1.82, 2.24) is 4.90 Å². The minimum Gasteiger partial charge on any atom is -0.481 e. The first-order valence-corrected chi connectivity index (χ1v) is 4.45. The van der Waals surface area contributed by atoms with E-state index in [4.69, 9.17) is 5.11 Å². The van der Waals surface area contributed by atoms with Crippen molar-refractivity contribution < 1.29 is 9.90 Å². The van der Waals surface area contributed by atoms with Crippen LogP contribution in [0.5, 0.6) is 0 Å². The van der Waals surface area contributed by atoms with Gasteiger partial charge < -0.3 is 10.0 Å². The Hall–Kier alpha value is -0.570. The van der Waals surface area contributed by atoms with Crippen LogP contribution in [0.4, 0.5) is 0 Å². The highest BCUT2D eigenvalue weighted by molar-refractivity contribution is 5.70. The van der Waals surface area contributed by atoms with E-state index in [1.807, 2.05) is 39.8 Å². The van der Waals surface area contributed by atoms with Gasteiger partial charge in [-0.15, -0.1) is 0 Å². The normalized spacial score (nSPS) is 11.8. The van der Waals surface area contributed by atoms with Crippen molar-refractivity contribution >= 4 is 5.97 Å². The van der Waals surface area contributed by atoms with Gasteiger partial charge in [0.05, 0.1) is 5.92 Å². The largest absolute Gasteiger partial charge is 0.481 e. The Morgan fingerprint density at radius 3 is 1.92 bits per heavy atom. The number of hydrogen-bond acceptors (Lipinski definition) is 2. The Morgan fingerprint density at radius 2 is 1.83 bits per heavy atom. The zero-order valence-corrected chi connectivity index (χ0v) is 8.79. The zero-order chi connectivity index (χ0) is 10.1. The summed E-state index contributed by atoms with van der Waals surface area (Å²) in [4.78, 5) is 12.3. The number of aliphatic carboxylic acids is 1. The van der Waals surface area contributed by atoms with Gasteiger partial charge in [0, 0.05) is 6.54 Å². The molecule has 0 heterocycles. The number of nitrogens with zero attached hydrogens (tertiary/aromatic N) is 1. The second kappa shape index (κ2) is 8.53. The summed E-state index contributed by atoms with van der Waals surface area (Å²) < 4.78 is 0. The molecule has 3 heteroatoms. The average molecular weight is 175 g/mol. The average Bonchev–Trinajstić information content (AvgIpc) is 2.03. The lowest BCUT2D eigenvalue weighted by atomic mass is 10.1. The van der Waals surface area contributed by atoms with E-state index in [1.54, 1.807) is 0 Å². The molecule has 0 aliphatic carbocycles. The zero-order valence-electron chi connectivity index (χ0n) is 8.79. The summed E-state index contributed by atoms with van der Waals surface area (Å²) in [6.07, 6.45) is 0.702. The lowest BCUT2D eigenvalue weighted by Gasteiger charge is -2.14. The molecule has 0 aromatic carbocycles. The van der Waals surface area contributed by atoms with E-state index in [1.165, 1.54) is 0 Å². The predicted molar refractivity (Wildman–Crippen MR) is 51.3 cm³/mol. The fraction of sp³-hybridized carbons (Fsp3) is 0.889. The molecule has 0 rings (SSSR count). The first kappa shape index (κ1) is 14.0. The number of rotatable bonds is 4. The first-order chi connectivity index (χ1) is 5.57. The Bertz CT molecular complexity index is 113. The summed E-state index contributed by atoms with van der Waals surface area (Å²) >= 11 is 0. The van der Waals surface area contributed by atoms with Crippen molar-refractivity contribution in [1.29, 1.82) is 0 Å². The fourth-order valence-corrected chi connectivity index (χ4v) is 0.823. The maximum atomic E-state index is 10.4. The van der Waals surface area contributed by atoms with Gasteiger partial charge in [-0.1, -0.05) is 20.8 Å². The van der Waals surface area contributed by atoms with E-state index in [2.05, 4.69) is 0 Å². The minimum absolute atomic E-state index is 0.213. The van der Waals surface area contributed by atoms with Crippen LogP contribution in [0.15, 0.2) is 0 Å². The Labute approximate surface area is 75.4 Å². The van der Waals surface area contributed by atoms with Crippen LogP contribution in [-0.2, 0) is 4.79 Å². The van der Waals surface area contributed by atoms with E-state index < -0.39 is 5.97 Å². The molecule has 1 N–H and O–H groups in total. The van der Waals surface area contributed by atoms with Crippen LogP contribution in [0, 0.1) is 5.92 Å². The Kier molecular flexibility index (Phi) is 9.93. The van der Waals surface area contributed by atoms with Crippen LogP contribution in [0.2, 0.25) is 0 Å². The molecule has 0 aliphatic heterocycles. The molecule has 0 aliphatic rings. The molecule has 3 nitrogen and oxygen atoms in total. The standard InChI is InChI=1S/C7H15NO2.C2H6/c1-4-6(7(9)10)5-8(2)3;1-2/h6H,4-5H2,1-3H3,(H,9,10);1-2H3. The van der Waals surface area contributed by atoms with Crippen molar-refractivity contribution in [2.75, 3.05) is 20.6 Å². The maximum absolute atomic E-state index is 10.4. The van der Waals surface area contributed by atoms with Gasteiger partial charge in [-0.2, -0.15) is 0 Å². The summed E-state index contributed by atoms with van der Waals surface area (Å²) in [5, 5.41) is 8.60. The van der Waals surface area contributed by atoms with Gasteiger partial charge in [-0.25, -0.2) is 0 Å². The molecule has 0 aromatic rings.